The second-order valence-corrected chi connectivity index (χ2v) is 6.61. The molecule has 0 unspecified atom stereocenters. The molecule has 32 heavy (non-hydrogen) atoms. The maximum atomic E-state index is 12.1. The van der Waals surface area contributed by atoms with Crippen LogP contribution in [0, 0.1) is 0 Å². The van der Waals surface area contributed by atoms with Crippen LogP contribution in [-0.2, 0) is 20.9 Å². The normalized spacial score (nSPS) is 10.4. The number of ether oxygens (including phenoxy) is 1. The first-order chi connectivity index (χ1) is 15.6. The van der Waals surface area contributed by atoms with E-state index in [1.807, 2.05) is 48.5 Å². The number of hydrazone groups is 1. The van der Waals surface area contributed by atoms with E-state index in [1.165, 1.54) is 6.21 Å². The van der Waals surface area contributed by atoms with Gasteiger partial charge in [0, 0.05) is 17.8 Å². The van der Waals surface area contributed by atoms with E-state index in [2.05, 4.69) is 21.2 Å². The summed E-state index contributed by atoms with van der Waals surface area (Å²) in [4.78, 5) is 35.9. The van der Waals surface area contributed by atoms with Gasteiger partial charge in [-0.3, -0.25) is 14.4 Å². The summed E-state index contributed by atoms with van der Waals surface area (Å²) < 4.78 is 5.57. The second-order valence-electron chi connectivity index (χ2n) is 6.61. The van der Waals surface area contributed by atoms with Crippen LogP contribution < -0.4 is 20.8 Å². The average Bonchev–Trinajstić information content (AvgIpc) is 2.83. The fourth-order valence-electron chi connectivity index (χ4n) is 2.65. The van der Waals surface area contributed by atoms with E-state index in [0.717, 1.165) is 5.56 Å². The van der Waals surface area contributed by atoms with Crippen molar-refractivity contribution < 1.29 is 19.1 Å². The Morgan fingerprint density at radius 1 is 0.812 bits per heavy atom. The molecule has 8 nitrogen and oxygen atoms in total. The van der Waals surface area contributed by atoms with Gasteiger partial charge in [0.05, 0.1) is 6.21 Å². The maximum absolute atomic E-state index is 12.1. The van der Waals surface area contributed by atoms with Gasteiger partial charge in [0.1, 0.15) is 5.75 Å². The third-order valence-electron chi connectivity index (χ3n) is 4.21. The smallest absolute Gasteiger partial charge is 0.329 e. The molecule has 3 N–H and O–H groups in total. The zero-order valence-corrected chi connectivity index (χ0v) is 17.2. The molecular weight excluding hydrogens is 408 g/mol. The molecular formula is C24H22N4O4. The van der Waals surface area contributed by atoms with Gasteiger partial charge in [-0.05, 0) is 29.8 Å². The van der Waals surface area contributed by atoms with E-state index >= 15 is 0 Å². The van der Waals surface area contributed by atoms with Crippen molar-refractivity contribution in [3.05, 3.63) is 96.1 Å². The van der Waals surface area contributed by atoms with Crippen molar-refractivity contribution in [3.8, 4) is 5.75 Å². The highest BCUT2D eigenvalue weighted by atomic mass is 16.5. The molecule has 0 saturated carbocycles. The first kappa shape index (κ1) is 22.2. The van der Waals surface area contributed by atoms with Crippen LogP contribution in [0.3, 0.4) is 0 Å². The Kier molecular flexibility index (Phi) is 8.10. The van der Waals surface area contributed by atoms with Crippen molar-refractivity contribution in [1.82, 2.24) is 10.7 Å². The Labute approximate surface area is 185 Å². The summed E-state index contributed by atoms with van der Waals surface area (Å²) in [6.07, 6.45) is 1.34. The molecule has 0 spiro atoms. The standard InChI is InChI=1S/C24H22N4O4/c29-22(27-20-12-5-2-6-13-20)17-32-21-14-8-7-11-19(21)16-26-28-24(31)23(30)25-15-18-9-3-1-4-10-18/h1-14,16H,15,17H2,(H,25,30)(H,27,29)(H,28,31)/b26-16-. The molecule has 0 heterocycles. The lowest BCUT2D eigenvalue weighted by atomic mass is 10.2. The third-order valence-corrected chi connectivity index (χ3v) is 4.21. The second kappa shape index (κ2) is 11.7. The van der Waals surface area contributed by atoms with E-state index in [4.69, 9.17) is 4.74 Å². The summed E-state index contributed by atoms with van der Waals surface area (Å²) in [6, 6.07) is 25.2. The minimum Gasteiger partial charge on any atom is -0.483 e. The fraction of sp³-hybridized carbons (Fsp3) is 0.0833. The summed E-state index contributed by atoms with van der Waals surface area (Å²) in [5.41, 5.74) is 4.25. The Hall–Kier alpha value is -4.46. The predicted octanol–water partition coefficient (Wildman–Crippen LogP) is 2.47. The summed E-state index contributed by atoms with van der Waals surface area (Å²) in [5.74, 6) is -1.60. The molecule has 0 aliphatic rings. The molecule has 3 aromatic carbocycles. The Morgan fingerprint density at radius 3 is 2.22 bits per heavy atom. The van der Waals surface area contributed by atoms with Gasteiger partial charge in [0.2, 0.25) is 0 Å². The fourth-order valence-corrected chi connectivity index (χ4v) is 2.65. The minimum atomic E-state index is -0.891. The highest BCUT2D eigenvalue weighted by molar-refractivity contribution is 6.35. The van der Waals surface area contributed by atoms with Crippen LogP contribution >= 0.6 is 0 Å². The molecule has 0 fully saturated rings. The number of benzene rings is 3. The van der Waals surface area contributed by atoms with Crippen molar-refractivity contribution >= 4 is 29.6 Å². The van der Waals surface area contributed by atoms with Crippen molar-refractivity contribution in [1.29, 1.82) is 0 Å². The molecule has 0 radical (unpaired) electrons. The average molecular weight is 430 g/mol. The summed E-state index contributed by atoms with van der Waals surface area (Å²) >= 11 is 0. The molecule has 3 amide bonds. The van der Waals surface area contributed by atoms with Gasteiger partial charge in [-0.1, -0.05) is 60.7 Å². The van der Waals surface area contributed by atoms with Crippen LogP contribution in [0.4, 0.5) is 5.69 Å². The largest absolute Gasteiger partial charge is 0.483 e. The number of para-hydroxylation sites is 2. The van der Waals surface area contributed by atoms with Crippen LogP contribution in [-0.4, -0.2) is 30.5 Å². The predicted molar refractivity (Wildman–Crippen MR) is 121 cm³/mol. The molecule has 8 heteroatoms. The highest BCUT2D eigenvalue weighted by Gasteiger charge is 2.12. The number of amides is 3. The number of hydrogen-bond donors (Lipinski definition) is 3. The molecule has 162 valence electrons. The van der Waals surface area contributed by atoms with E-state index in [1.54, 1.807) is 36.4 Å². The molecule has 0 saturated heterocycles. The summed E-state index contributed by atoms with van der Waals surface area (Å²) in [7, 11) is 0. The van der Waals surface area contributed by atoms with Gasteiger partial charge >= 0.3 is 11.8 Å². The lowest BCUT2D eigenvalue weighted by Gasteiger charge is -2.09. The number of nitrogens with one attached hydrogen (secondary N) is 3. The van der Waals surface area contributed by atoms with Crippen molar-refractivity contribution in [2.75, 3.05) is 11.9 Å². The van der Waals surface area contributed by atoms with Gasteiger partial charge in [-0.2, -0.15) is 5.10 Å². The quantitative estimate of drug-likeness (QED) is 0.290. The molecule has 0 bridgehead atoms. The topological polar surface area (TPSA) is 109 Å². The van der Waals surface area contributed by atoms with Gasteiger partial charge in [0.15, 0.2) is 6.61 Å². The Bertz CT molecular complexity index is 1090. The lowest BCUT2D eigenvalue weighted by molar-refractivity contribution is -0.139. The van der Waals surface area contributed by atoms with Crippen LogP contribution in [0.5, 0.6) is 5.75 Å². The zero-order chi connectivity index (χ0) is 22.6. The van der Waals surface area contributed by atoms with Crippen molar-refractivity contribution in [2.24, 2.45) is 5.10 Å². The molecule has 3 aromatic rings. The molecule has 0 aliphatic heterocycles. The first-order valence-corrected chi connectivity index (χ1v) is 9.84. The van der Waals surface area contributed by atoms with Crippen molar-refractivity contribution in [2.45, 2.75) is 6.54 Å². The summed E-state index contributed by atoms with van der Waals surface area (Å²) in [5, 5.41) is 9.05. The molecule has 0 aromatic heterocycles. The number of hydrogen-bond acceptors (Lipinski definition) is 5. The van der Waals surface area contributed by atoms with E-state index in [0.29, 0.717) is 17.0 Å². The summed E-state index contributed by atoms with van der Waals surface area (Å²) in [6.45, 7) is 0.0343. The van der Waals surface area contributed by atoms with Gasteiger partial charge in [-0.25, -0.2) is 5.43 Å². The van der Waals surface area contributed by atoms with Gasteiger partial charge < -0.3 is 15.4 Å². The maximum Gasteiger partial charge on any atom is 0.329 e. The Balaban J connectivity index is 1.48. The van der Waals surface area contributed by atoms with Gasteiger partial charge in [-0.15, -0.1) is 0 Å². The number of nitrogens with zero attached hydrogens (tertiary/aromatic N) is 1. The monoisotopic (exact) mass is 430 g/mol. The van der Waals surface area contributed by atoms with E-state index in [-0.39, 0.29) is 19.1 Å². The molecule has 3 rings (SSSR count). The third kappa shape index (κ3) is 7.10. The van der Waals surface area contributed by atoms with E-state index in [9.17, 15) is 14.4 Å². The highest BCUT2D eigenvalue weighted by Crippen LogP contribution is 2.16. The van der Waals surface area contributed by atoms with Crippen LogP contribution in [0.2, 0.25) is 0 Å². The number of anilines is 1. The Morgan fingerprint density at radius 2 is 1.47 bits per heavy atom. The molecule has 0 atom stereocenters. The van der Waals surface area contributed by atoms with Gasteiger partial charge in [0.25, 0.3) is 5.91 Å². The zero-order valence-electron chi connectivity index (χ0n) is 17.2. The lowest BCUT2D eigenvalue weighted by Crippen LogP contribution is -2.37. The van der Waals surface area contributed by atoms with Crippen LogP contribution in [0.25, 0.3) is 0 Å². The van der Waals surface area contributed by atoms with Crippen LogP contribution in [0.1, 0.15) is 11.1 Å². The number of rotatable bonds is 8. The minimum absolute atomic E-state index is 0.200. The SMILES string of the molecule is O=C(COc1ccccc1/C=N\NC(=O)C(=O)NCc1ccccc1)Nc1ccccc1. The number of carbonyl (C=O) groups excluding carboxylic acids is 3. The number of carbonyl (C=O) groups is 3. The van der Waals surface area contributed by atoms with Crippen LogP contribution in [0.15, 0.2) is 90.0 Å². The molecule has 0 aliphatic carbocycles. The van der Waals surface area contributed by atoms with E-state index < -0.39 is 11.8 Å². The van der Waals surface area contributed by atoms with Crippen molar-refractivity contribution in [3.63, 3.8) is 0 Å². The first-order valence-electron chi connectivity index (χ1n) is 9.84.